The van der Waals surface area contributed by atoms with E-state index in [0.29, 0.717) is 9.65 Å². The molecule has 0 rings (SSSR count). The van der Waals surface area contributed by atoms with Gasteiger partial charge in [-0.2, -0.15) is 0 Å². The van der Waals surface area contributed by atoms with E-state index >= 15 is 0 Å². The lowest BCUT2D eigenvalue weighted by Crippen LogP contribution is -2.28. The van der Waals surface area contributed by atoms with Crippen molar-refractivity contribution in [2.24, 2.45) is 47.3 Å². The molecule has 0 aromatic rings. The third-order valence-electron chi connectivity index (χ3n) is 10.5. The first-order chi connectivity index (χ1) is 23.1. The third kappa shape index (κ3) is 31.0. The van der Waals surface area contributed by atoms with Gasteiger partial charge in [-0.25, -0.2) is 0 Å². The number of hydrogen-bond acceptors (Lipinski definition) is 3. The lowest BCUT2D eigenvalue weighted by atomic mass is 9.83. The lowest BCUT2D eigenvalue weighted by molar-refractivity contribution is -0.250. The van der Waals surface area contributed by atoms with E-state index in [-0.39, 0.29) is 12.6 Å². The van der Waals surface area contributed by atoms with Crippen LogP contribution in [0.3, 0.4) is 0 Å². The molecule has 0 aromatic carbocycles. The SMILES string of the molecule is CCCCOC(CCCC(C)CC(C)CC(C)CC(C)CC(C)Br)OC(CCCC(C)CC(C)CC(C)CC(C)CC(C)Br)OCCCC. The Labute approximate surface area is 326 Å². The summed E-state index contributed by atoms with van der Waals surface area (Å²) in [6, 6.07) is 0. The second kappa shape index (κ2) is 31.2. The van der Waals surface area contributed by atoms with E-state index in [2.05, 4.69) is 115 Å². The summed E-state index contributed by atoms with van der Waals surface area (Å²) in [6.45, 7) is 30.2. The minimum Gasteiger partial charge on any atom is -0.353 e. The highest BCUT2D eigenvalue weighted by atomic mass is 79.9. The molecule has 296 valence electrons. The molecular formula is C44H88Br2O3. The summed E-state index contributed by atoms with van der Waals surface area (Å²) in [7, 11) is 0. The van der Waals surface area contributed by atoms with Crippen LogP contribution < -0.4 is 0 Å². The summed E-state index contributed by atoms with van der Waals surface area (Å²) >= 11 is 7.48. The molecule has 0 N–H and O–H groups in total. The minimum atomic E-state index is -0.157. The molecule has 12 unspecified atom stereocenters. The van der Waals surface area contributed by atoms with Gasteiger partial charge in [0, 0.05) is 22.9 Å². The molecule has 0 spiro atoms. The number of ether oxygens (including phenoxy) is 3. The molecule has 5 heteroatoms. The van der Waals surface area contributed by atoms with Gasteiger partial charge >= 0.3 is 0 Å². The van der Waals surface area contributed by atoms with Gasteiger partial charge in [0.25, 0.3) is 0 Å². The first-order valence-corrected chi connectivity index (χ1v) is 23.1. The third-order valence-corrected chi connectivity index (χ3v) is 11.2. The van der Waals surface area contributed by atoms with Crippen molar-refractivity contribution in [3.05, 3.63) is 0 Å². The first kappa shape index (κ1) is 49.8. The van der Waals surface area contributed by atoms with Crippen molar-refractivity contribution in [1.82, 2.24) is 0 Å². The van der Waals surface area contributed by atoms with E-state index in [1.165, 1.54) is 64.2 Å². The van der Waals surface area contributed by atoms with Crippen LogP contribution in [0.5, 0.6) is 0 Å². The Morgan fingerprint density at radius 1 is 0.367 bits per heavy atom. The number of alkyl halides is 2. The van der Waals surface area contributed by atoms with Crippen LogP contribution in [-0.2, 0) is 14.2 Å². The van der Waals surface area contributed by atoms with Crippen molar-refractivity contribution < 1.29 is 14.2 Å². The maximum atomic E-state index is 6.65. The van der Waals surface area contributed by atoms with E-state index in [1.54, 1.807) is 0 Å². The molecular weight excluding hydrogens is 736 g/mol. The van der Waals surface area contributed by atoms with Crippen molar-refractivity contribution in [2.75, 3.05) is 13.2 Å². The normalized spacial score (nSPS) is 19.7. The average molecular weight is 825 g/mol. The molecule has 0 saturated carbocycles. The highest BCUT2D eigenvalue weighted by Crippen LogP contribution is 2.30. The van der Waals surface area contributed by atoms with Crippen molar-refractivity contribution in [3.8, 4) is 0 Å². The highest BCUT2D eigenvalue weighted by Gasteiger charge is 2.21. The van der Waals surface area contributed by atoms with Crippen LogP contribution in [0.15, 0.2) is 0 Å². The minimum absolute atomic E-state index is 0.157. The van der Waals surface area contributed by atoms with Crippen LogP contribution in [0, 0.1) is 47.3 Å². The van der Waals surface area contributed by atoms with Crippen molar-refractivity contribution in [3.63, 3.8) is 0 Å². The van der Waals surface area contributed by atoms with Gasteiger partial charge < -0.3 is 14.2 Å². The van der Waals surface area contributed by atoms with Crippen LogP contribution >= 0.6 is 31.9 Å². The summed E-state index contributed by atoms with van der Waals surface area (Å²) in [5, 5.41) is 0. The van der Waals surface area contributed by atoms with Gasteiger partial charge in [0.1, 0.15) is 0 Å². The fourth-order valence-electron chi connectivity index (χ4n) is 8.58. The molecule has 0 aliphatic carbocycles. The quantitative estimate of drug-likeness (QED) is 0.0368. The van der Waals surface area contributed by atoms with E-state index in [9.17, 15) is 0 Å². The van der Waals surface area contributed by atoms with Crippen LogP contribution in [0.4, 0.5) is 0 Å². The Morgan fingerprint density at radius 3 is 0.939 bits per heavy atom. The van der Waals surface area contributed by atoms with Crippen LogP contribution in [0.25, 0.3) is 0 Å². The number of rotatable bonds is 34. The Hall–Kier alpha value is 0.840. The molecule has 0 heterocycles. The smallest absolute Gasteiger partial charge is 0.160 e. The number of hydrogen-bond donors (Lipinski definition) is 0. The van der Waals surface area contributed by atoms with Gasteiger partial charge in [0.05, 0.1) is 0 Å². The Morgan fingerprint density at radius 2 is 0.653 bits per heavy atom. The fourth-order valence-corrected chi connectivity index (χ4v) is 9.85. The van der Waals surface area contributed by atoms with Gasteiger partial charge in [0.15, 0.2) is 12.6 Å². The zero-order chi connectivity index (χ0) is 37.2. The predicted molar refractivity (Wildman–Crippen MR) is 225 cm³/mol. The molecule has 49 heavy (non-hydrogen) atoms. The Bertz CT molecular complexity index is 660. The molecule has 12 atom stereocenters. The maximum Gasteiger partial charge on any atom is 0.160 e. The average Bonchev–Trinajstić information content (AvgIpc) is 2.95. The topological polar surface area (TPSA) is 27.7 Å². The largest absolute Gasteiger partial charge is 0.353 e. The summed E-state index contributed by atoms with van der Waals surface area (Å²) in [4.78, 5) is 1.25. The zero-order valence-electron chi connectivity index (χ0n) is 35.1. The van der Waals surface area contributed by atoms with Crippen molar-refractivity contribution >= 4 is 31.9 Å². The zero-order valence-corrected chi connectivity index (χ0v) is 38.2. The van der Waals surface area contributed by atoms with E-state index in [1.807, 2.05) is 0 Å². The van der Waals surface area contributed by atoms with Gasteiger partial charge in [-0.3, -0.25) is 0 Å². The van der Waals surface area contributed by atoms with Gasteiger partial charge in [-0.1, -0.05) is 141 Å². The second-order valence-electron chi connectivity index (χ2n) is 17.6. The van der Waals surface area contributed by atoms with Crippen LogP contribution in [0.2, 0.25) is 0 Å². The Kier molecular flexibility index (Phi) is 31.8. The fraction of sp³-hybridized carbons (Fsp3) is 1.00. The molecule has 3 nitrogen and oxygen atoms in total. The molecule has 0 bridgehead atoms. The van der Waals surface area contributed by atoms with E-state index in [4.69, 9.17) is 14.2 Å². The van der Waals surface area contributed by atoms with Crippen LogP contribution in [0.1, 0.15) is 199 Å². The Balaban J connectivity index is 4.86. The summed E-state index contributed by atoms with van der Waals surface area (Å²) in [6.07, 6.45) is 21.5. The predicted octanol–water partition coefficient (Wildman–Crippen LogP) is 15.4. The number of unbranched alkanes of at least 4 members (excludes halogenated alkanes) is 2. The van der Waals surface area contributed by atoms with Gasteiger partial charge in [0.2, 0.25) is 0 Å². The molecule has 0 radical (unpaired) electrons. The summed E-state index contributed by atoms with van der Waals surface area (Å²) < 4.78 is 19.4. The summed E-state index contributed by atoms with van der Waals surface area (Å²) in [5.41, 5.74) is 0. The first-order valence-electron chi connectivity index (χ1n) is 21.3. The van der Waals surface area contributed by atoms with Gasteiger partial charge in [-0.15, -0.1) is 0 Å². The molecule has 0 aliphatic rings. The van der Waals surface area contributed by atoms with E-state index < -0.39 is 0 Å². The standard InChI is InChI=1S/C44H88Br2O3/c1-13-15-23-47-43(21-17-19-33(3)25-35(5)27-37(7)29-39(9)31-41(11)45)49-44(48-24-16-14-2)22-18-20-34(4)26-36(6)28-38(8)30-40(10)32-42(12)46/h33-44H,13-32H2,1-12H3. The van der Waals surface area contributed by atoms with Crippen molar-refractivity contribution in [2.45, 2.75) is 221 Å². The monoisotopic (exact) mass is 823 g/mol. The molecule has 0 aromatic heterocycles. The molecule has 0 fully saturated rings. The van der Waals surface area contributed by atoms with Gasteiger partial charge in [-0.05, 0) is 137 Å². The maximum absolute atomic E-state index is 6.65. The summed E-state index contributed by atoms with van der Waals surface area (Å²) in [5.74, 6) is 6.26. The molecule has 0 saturated heterocycles. The molecule has 0 aliphatic heterocycles. The van der Waals surface area contributed by atoms with Crippen LogP contribution in [-0.4, -0.2) is 35.4 Å². The molecule has 0 amide bonds. The van der Waals surface area contributed by atoms with Crippen molar-refractivity contribution in [1.29, 1.82) is 0 Å². The number of halogens is 2. The highest BCUT2D eigenvalue weighted by molar-refractivity contribution is 9.09. The van der Waals surface area contributed by atoms with E-state index in [0.717, 1.165) is 112 Å². The lowest BCUT2D eigenvalue weighted by Gasteiger charge is -2.27. The second-order valence-corrected chi connectivity index (χ2v) is 20.7.